The van der Waals surface area contributed by atoms with Crippen molar-refractivity contribution < 1.29 is 17.6 Å². The van der Waals surface area contributed by atoms with E-state index in [0.717, 1.165) is 34.5 Å². The van der Waals surface area contributed by atoms with Crippen molar-refractivity contribution in [2.75, 3.05) is 0 Å². The zero-order valence-corrected chi connectivity index (χ0v) is 20.5. The first kappa shape index (κ1) is 24.1. The van der Waals surface area contributed by atoms with Crippen LogP contribution in [0.5, 0.6) is 0 Å². The van der Waals surface area contributed by atoms with Gasteiger partial charge in [0.15, 0.2) is 0 Å². The predicted octanol–water partition coefficient (Wildman–Crippen LogP) is 6.43. The van der Waals surface area contributed by atoms with E-state index in [2.05, 4.69) is 28.4 Å². The number of alkyl halides is 3. The first-order valence-electron chi connectivity index (χ1n) is 12.7. The van der Waals surface area contributed by atoms with Crippen LogP contribution >= 0.6 is 0 Å². The molecule has 37 heavy (non-hydrogen) atoms. The largest absolute Gasteiger partial charge is 0.393 e. The van der Waals surface area contributed by atoms with Gasteiger partial charge in [-0.1, -0.05) is 30.2 Å². The SMILES string of the molecule is C[C@]12Cc3cnn(-c4ccc(F)cc4)c3C=C1CC[C@H]1C2=CC[C@@H](C(F)(F)F)[C@@H]1NCc1cccnc1. The number of pyridine rings is 1. The number of nitrogens with zero attached hydrogens (tertiary/aromatic N) is 3. The first-order chi connectivity index (χ1) is 17.7. The Balaban J connectivity index is 1.33. The van der Waals surface area contributed by atoms with Crippen molar-refractivity contribution in [1.29, 1.82) is 0 Å². The summed E-state index contributed by atoms with van der Waals surface area (Å²) in [6.45, 7) is 2.52. The molecule has 3 aliphatic carbocycles. The third kappa shape index (κ3) is 4.21. The number of aromatic nitrogens is 3. The normalized spacial score (nSPS) is 27.0. The molecule has 1 N–H and O–H groups in total. The molecule has 1 aromatic carbocycles. The van der Waals surface area contributed by atoms with E-state index in [1.165, 1.54) is 17.7 Å². The van der Waals surface area contributed by atoms with Crippen molar-refractivity contribution >= 4 is 6.08 Å². The summed E-state index contributed by atoms with van der Waals surface area (Å²) in [7, 11) is 0. The summed E-state index contributed by atoms with van der Waals surface area (Å²) in [5, 5.41) is 7.86. The number of nitrogens with one attached hydrogen (secondary N) is 1. The Kier molecular flexibility index (Phi) is 5.82. The molecular weight excluding hydrogens is 480 g/mol. The lowest BCUT2D eigenvalue weighted by Crippen LogP contribution is -2.53. The number of rotatable bonds is 4. The van der Waals surface area contributed by atoms with Crippen LogP contribution in [0, 0.1) is 23.1 Å². The molecule has 0 unspecified atom stereocenters. The Morgan fingerprint density at radius 1 is 1.14 bits per heavy atom. The van der Waals surface area contributed by atoms with Gasteiger partial charge in [0.05, 0.1) is 23.5 Å². The molecule has 1 saturated carbocycles. The summed E-state index contributed by atoms with van der Waals surface area (Å²) >= 11 is 0. The molecule has 8 heteroatoms. The minimum absolute atomic E-state index is 0.0232. The molecule has 2 aromatic heterocycles. The molecule has 3 aliphatic rings. The Hall–Kier alpha value is -3.26. The molecule has 0 saturated heterocycles. The molecule has 3 aromatic rings. The summed E-state index contributed by atoms with van der Waals surface area (Å²) in [4.78, 5) is 4.10. The maximum Gasteiger partial charge on any atom is 0.393 e. The molecule has 2 heterocycles. The van der Waals surface area contributed by atoms with Gasteiger partial charge in [-0.2, -0.15) is 18.3 Å². The predicted molar refractivity (Wildman–Crippen MR) is 133 cm³/mol. The van der Waals surface area contributed by atoms with Gasteiger partial charge < -0.3 is 5.32 Å². The van der Waals surface area contributed by atoms with Crippen LogP contribution in [0.4, 0.5) is 17.6 Å². The molecule has 192 valence electrons. The lowest BCUT2D eigenvalue weighted by Gasteiger charge is -2.51. The van der Waals surface area contributed by atoms with Gasteiger partial charge in [0.1, 0.15) is 5.82 Å². The van der Waals surface area contributed by atoms with E-state index in [1.54, 1.807) is 30.6 Å². The second-order valence-corrected chi connectivity index (χ2v) is 10.6. The standard InChI is InChI=1S/C29H28F4N4/c1-28-14-19-17-36-37(22-7-5-21(30)6-8-22)26(19)13-20(28)4-9-23-24(28)10-11-25(29(31,32)33)27(23)35-16-18-3-2-12-34-15-18/h2-3,5-8,10,12-13,15,17,23,25,27,35H,4,9,11,14,16H2,1H3/t23-,25+,27+,28-/m0/s1. The van der Waals surface area contributed by atoms with Crippen molar-refractivity contribution in [2.45, 2.75) is 51.4 Å². The Bertz CT molecular complexity index is 1360. The van der Waals surface area contributed by atoms with Gasteiger partial charge in [0.2, 0.25) is 0 Å². The lowest BCUT2D eigenvalue weighted by molar-refractivity contribution is -0.187. The molecule has 6 rings (SSSR count). The summed E-state index contributed by atoms with van der Waals surface area (Å²) < 4.78 is 57.8. The van der Waals surface area contributed by atoms with E-state index in [9.17, 15) is 17.6 Å². The molecule has 4 atom stereocenters. The second-order valence-electron chi connectivity index (χ2n) is 10.6. The molecule has 0 radical (unpaired) electrons. The van der Waals surface area contributed by atoms with E-state index in [4.69, 9.17) is 0 Å². The zero-order chi connectivity index (χ0) is 25.8. The maximum absolute atomic E-state index is 14.2. The van der Waals surface area contributed by atoms with E-state index in [0.29, 0.717) is 19.4 Å². The fourth-order valence-electron chi connectivity index (χ4n) is 6.59. The monoisotopic (exact) mass is 508 g/mol. The summed E-state index contributed by atoms with van der Waals surface area (Å²) in [5.41, 5.74) is 5.65. The highest BCUT2D eigenvalue weighted by atomic mass is 19.4. The fourth-order valence-corrected chi connectivity index (χ4v) is 6.59. The topological polar surface area (TPSA) is 42.7 Å². The van der Waals surface area contributed by atoms with Crippen molar-refractivity contribution in [3.05, 3.63) is 94.8 Å². The lowest BCUT2D eigenvalue weighted by atomic mass is 9.55. The van der Waals surface area contributed by atoms with Crippen LogP contribution in [0.2, 0.25) is 0 Å². The first-order valence-corrected chi connectivity index (χ1v) is 12.7. The molecule has 4 nitrogen and oxygen atoms in total. The molecule has 0 aliphatic heterocycles. The van der Waals surface area contributed by atoms with Gasteiger partial charge in [-0.05, 0) is 79.1 Å². The summed E-state index contributed by atoms with van der Waals surface area (Å²) in [6, 6.07) is 9.22. The van der Waals surface area contributed by atoms with E-state index >= 15 is 0 Å². The highest BCUT2D eigenvalue weighted by Crippen LogP contribution is 2.57. The minimum Gasteiger partial charge on any atom is -0.309 e. The maximum atomic E-state index is 14.2. The number of hydrogen-bond acceptors (Lipinski definition) is 3. The van der Waals surface area contributed by atoms with Crippen LogP contribution < -0.4 is 5.32 Å². The van der Waals surface area contributed by atoms with Crippen LogP contribution in [0.1, 0.15) is 43.0 Å². The number of fused-ring (bicyclic) bond motifs is 4. The molecule has 1 fully saturated rings. The number of benzene rings is 1. The van der Waals surface area contributed by atoms with Gasteiger partial charge in [-0.15, -0.1) is 0 Å². The summed E-state index contributed by atoms with van der Waals surface area (Å²) in [5.74, 6) is -1.93. The van der Waals surface area contributed by atoms with Gasteiger partial charge in [-0.3, -0.25) is 4.98 Å². The average molecular weight is 509 g/mol. The van der Waals surface area contributed by atoms with Crippen molar-refractivity contribution in [3.8, 4) is 5.69 Å². The summed E-state index contributed by atoms with van der Waals surface area (Å²) in [6.07, 6.45) is 6.98. The minimum atomic E-state index is -4.28. The molecule has 0 spiro atoms. The van der Waals surface area contributed by atoms with Crippen LogP contribution in [0.3, 0.4) is 0 Å². The molecule has 0 bridgehead atoms. The Labute approximate surface area is 213 Å². The number of halogens is 4. The third-order valence-electron chi connectivity index (χ3n) is 8.43. The fraction of sp³-hybridized carbons (Fsp3) is 0.379. The van der Waals surface area contributed by atoms with Crippen molar-refractivity contribution in [1.82, 2.24) is 20.1 Å². The van der Waals surface area contributed by atoms with Crippen LogP contribution in [0.15, 0.2) is 72.2 Å². The van der Waals surface area contributed by atoms with E-state index < -0.39 is 18.1 Å². The Morgan fingerprint density at radius 3 is 2.68 bits per heavy atom. The van der Waals surface area contributed by atoms with Gasteiger partial charge in [-0.25, -0.2) is 9.07 Å². The van der Waals surface area contributed by atoms with E-state index in [1.807, 2.05) is 23.0 Å². The van der Waals surface area contributed by atoms with Gasteiger partial charge in [0.25, 0.3) is 0 Å². The van der Waals surface area contributed by atoms with E-state index in [-0.39, 0.29) is 23.6 Å². The second kappa shape index (κ2) is 8.94. The highest BCUT2D eigenvalue weighted by Gasteiger charge is 2.54. The Morgan fingerprint density at radius 2 is 1.95 bits per heavy atom. The van der Waals surface area contributed by atoms with Crippen LogP contribution in [-0.2, 0) is 13.0 Å². The van der Waals surface area contributed by atoms with Gasteiger partial charge in [0, 0.05) is 30.4 Å². The van der Waals surface area contributed by atoms with Crippen LogP contribution in [-0.4, -0.2) is 27.0 Å². The van der Waals surface area contributed by atoms with Crippen molar-refractivity contribution in [2.24, 2.45) is 17.3 Å². The van der Waals surface area contributed by atoms with Crippen molar-refractivity contribution in [3.63, 3.8) is 0 Å². The average Bonchev–Trinajstić information content (AvgIpc) is 3.28. The van der Waals surface area contributed by atoms with Crippen LogP contribution in [0.25, 0.3) is 11.8 Å². The third-order valence-corrected chi connectivity index (χ3v) is 8.43. The quantitative estimate of drug-likeness (QED) is 0.326. The van der Waals surface area contributed by atoms with Gasteiger partial charge >= 0.3 is 6.18 Å². The zero-order valence-electron chi connectivity index (χ0n) is 20.5. The highest BCUT2D eigenvalue weighted by molar-refractivity contribution is 5.63. The molecule has 0 amide bonds. The number of hydrogen-bond donors (Lipinski definition) is 1. The molecular formula is C29H28F4N4. The number of allylic oxidation sites excluding steroid dienone is 2. The smallest absolute Gasteiger partial charge is 0.309 e.